The number of benzene rings is 2. The monoisotopic (exact) mass is 313 g/mol. The van der Waals surface area contributed by atoms with Crippen molar-refractivity contribution in [2.45, 2.75) is 13.0 Å². The Hall–Kier alpha value is -2.86. The number of anilines is 2. The zero-order chi connectivity index (χ0) is 16.7. The molecule has 0 aliphatic heterocycles. The van der Waals surface area contributed by atoms with E-state index in [1.54, 1.807) is 24.3 Å². The number of carbonyl (C=O) groups is 2. The molecule has 6 heteroatoms. The molecule has 0 saturated heterocycles. The van der Waals surface area contributed by atoms with Crippen molar-refractivity contribution in [3.05, 3.63) is 60.2 Å². The third-order valence-electron chi connectivity index (χ3n) is 3.13. The first-order valence-electron chi connectivity index (χ1n) is 7.19. The van der Waals surface area contributed by atoms with E-state index in [-0.39, 0.29) is 12.5 Å². The van der Waals surface area contributed by atoms with E-state index >= 15 is 0 Å². The number of urea groups is 1. The summed E-state index contributed by atoms with van der Waals surface area (Å²) in [6.45, 7) is 1.21. The van der Waals surface area contributed by atoms with E-state index in [4.69, 9.17) is 0 Å². The van der Waals surface area contributed by atoms with E-state index in [0.717, 1.165) is 5.56 Å². The highest BCUT2D eigenvalue weighted by Crippen LogP contribution is 2.16. The summed E-state index contributed by atoms with van der Waals surface area (Å²) in [5.41, 5.74) is 1.95. The van der Waals surface area contributed by atoms with Gasteiger partial charge < -0.3 is 21.1 Å². The van der Waals surface area contributed by atoms with Gasteiger partial charge in [-0.3, -0.25) is 4.79 Å². The Balaban J connectivity index is 2.00. The van der Waals surface area contributed by atoms with Crippen LogP contribution < -0.4 is 16.0 Å². The molecule has 0 aromatic heterocycles. The standard InChI is InChI=1S/C17H19N3O3/c1-12(22)18-14-8-5-9-15(10-14)19-17(23)20-16(11-21)13-6-3-2-4-7-13/h2-10,16,21H,11H2,1H3,(H,18,22)(H2,19,20,23). The molecule has 2 aromatic rings. The second-order valence-electron chi connectivity index (χ2n) is 5.01. The molecule has 1 atom stereocenters. The second-order valence-corrected chi connectivity index (χ2v) is 5.01. The minimum absolute atomic E-state index is 0.184. The van der Waals surface area contributed by atoms with Crippen LogP contribution in [0.2, 0.25) is 0 Å². The molecule has 3 amide bonds. The molecule has 0 saturated carbocycles. The third kappa shape index (κ3) is 5.12. The quantitative estimate of drug-likeness (QED) is 0.683. The van der Waals surface area contributed by atoms with E-state index in [2.05, 4.69) is 16.0 Å². The lowest BCUT2D eigenvalue weighted by Crippen LogP contribution is -2.34. The summed E-state index contributed by atoms with van der Waals surface area (Å²) >= 11 is 0. The lowest BCUT2D eigenvalue weighted by Gasteiger charge is -2.17. The topological polar surface area (TPSA) is 90.5 Å². The van der Waals surface area contributed by atoms with Gasteiger partial charge in [-0.1, -0.05) is 36.4 Å². The van der Waals surface area contributed by atoms with Gasteiger partial charge in [-0.2, -0.15) is 0 Å². The number of hydrogen-bond acceptors (Lipinski definition) is 3. The number of nitrogens with one attached hydrogen (secondary N) is 3. The van der Waals surface area contributed by atoms with E-state index in [1.165, 1.54) is 6.92 Å². The summed E-state index contributed by atoms with van der Waals surface area (Å²) < 4.78 is 0. The Labute approximate surface area is 134 Å². The zero-order valence-electron chi connectivity index (χ0n) is 12.7. The molecule has 0 fully saturated rings. The van der Waals surface area contributed by atoms with Crippen LogP contribution in [-0.4, -0.2) is 23.7 Å². The van der Waals surface area contributed by atoms with Gasteiger partial charge in [0.1, 0.15) is 0 Å². The second kappa shape index (κ2) is 7.95. The van der Waals surface area contributed by atoms with Crippen LogP contribution in [0.15, 0.2) is 54.6 Å². The molecule has 0 bridgehead atoms. The molecule has 23 heavy (non-hydrogen) atoms. The van der Waals surface area contributed by atoms with Crippen LogP contribution >= 0.6 is 0 Å². The smallest absolute Gasteiger partial charge is 0.319 e. The molecular weight excluding hydrogens is 294 g/mol. The fourth-order valence-corrected chi connectivity index (χ4v) is 2.12. The summed E-state index contributed by atoms with van der Waals surface area (Å²) in [5, 5.41) is 17.5. The van der Waals surface area contributed by atoms with Gasteiger partial charge in [-0.15, -0.1) is 0 Å². The fraction of sp³-hybridized carbons (Fsp3) is 0.176. The first-order valence-corrected chi connectivity index (χ1v) is 7.19. The molecule has 0 spiro atoms. The van der Waals surface area contributed by atoms with Crippen molar-refractivity contribution in [2.75, 3.05) is 17.2 Å². The van der Waals surface area contributed by atoms with Gasteiger partial charge in [0.05, 0.1) is 12.6 Å². The molecular formula is C17H19N3O3. The van der Waals surface area contributed by atoms with E-state index in [9.17, 15) is 14.7 Å². The maximum absolute atomic E-state index is 12.1. The van der Waals surface area contributed by atoms with Crippen molar-refractivity contribution >= 4 is 23.3 Å². The lowest BCUT2D eigenvalue weighted by molar-refractivity contribution is -0.114. The fourth-order valence-electron chi connectivity index (χ4n) is 2.12. The number of hydrogen-bond donors (Lipinski definition) is 4. The van der Waals surface area contributed by atoms with Crippen LogP contribution in [-0.2, 0) is 4.79 Å². The largest absolute Gasteiger partial charge is 0.394 e. The minimum atomic E-state index is -0.491. The van der Waals surface area contributed by atoms with Gasteiger partial charge >= 0.3 is 6.03 Å². The Kier molecular flexibility index (Phi) is 5.71. The molecule has 0 aliphatic rings. The van der Waals surface area contributed by atoms with Crippen LogP contribution in [0, 0.1) is 0 Å². The number of amides is 3. The summed E-state index contributed by atoms with van der Waals surface area (Å²) in [6.07, 6.45) is 0. The Bertz CT molecular complexity index is 674. The Morgan fingerprint density at radius 2 is 1.65 bits per heavy atom. The summed E-state index contributed by atoms with van der Waals surface area (Å²) in [7, 11) is 0. The minimum Gasteiger partial charge on any atom is -0.394 e. The molecule has 0 aliphatic carbocycles. The summed E-state index contributed by atoms with van der Waals surface area (Å²) in [6, 6.07) is 15.1. The van der Waals surface area contributed by atoms with E-state index < -0.39 is 12.1 Å². The van der Waals surface area contributed by atoms with Crippen molar-refractivity contribution in [2.24, 2.45) is 0 Å². The predicted octanol–water partition coefficient (Wildman–Crippen LogP) is 2.50. The third-order valence-corrected chi connectivity index (χ3v) is 3.13. The first-order chi connectivity index (χ1) is 11.1. The highest BCUT2D eigenvalue weighted by atomic mass is 16.3. The SMILES string of the molecule is CC(=O)Nc1cccc(NC(=O)NC(CO)c2ccccc2)c1. The molecule has 4 N–H and O–H groups in total. The molecule has 2 rings (SSSR count). The average molecular weight is 313 g/mol. The molecule has 6 nitrogen and oxygen atoms in total. The van der Waals surface area contributed by atoms with Crippen LogP contribution in [0.5, 0.6) is 0 Å². The van der Waals surface area contributed by atoms with Gasteiger partial charge in [0.25, 0.3) is 0 Å². The maximum atomic E-state index is 12.1. The number of aliphatic hydroxyl groups is 1. The Morgan fingerprint density at radius 1 is 1.00 bits per heavy atom. The van der Waals surface area contributed by atoms with Crippen molar-refractivity contribution in [1.82, 2.24) is 5.32 Å². The molecule has 120 valence electrons. The molecule has 0 radical (unpaired) electrons. The Morgan fingerprint density at radius 3 is 2.26 bits per heavy atom. The zero-order valence-corrected chi connectivity index (χ0v) is 12.7. The normalized spacial score (nSPS) is 11.4. The van der Waals surface area contributed by atoms with Crippen LogP contribution in [0.3, 0.4) is 0 Å². The van der Waals surface area contributed by atoms with Crippen molar-refractivity contribution < 1.29 is 14.7 Å². The number of aliphatic hydroxyl groups excluding tert-OH is 1. The van der Waals surface area contributed by atoms with Crippen LogP contribution in [0.4, 0.5) is 16.2 Å². The lowest BCUT2D eigenvalue weighted by atomic mass is 10.1. The number of rotatable bonds is 5. The molecule has 0 heterocycles. The van der Waals surface area contributed by atoms with Crippen molar-refractivity contribution in [1.29, 1.82) is 0 Å². The van der Waals surface area contributed by atoms with E-state index in [0.29, 0.717) is 11.4 Å². The first kappa shape index (κ1) is 16.5. The van der Waals surface area contributed by atoms with Gasteiger partial charge in [0.2, 0.25) is 5.91 Å². The average Bonchev–Trinajstić information content (AvgIpc) is 2.53. The van der Waals surface area contributed by atoms with Crippen molar-refractivity contribution in [3.63, 3.8) is 0 Å². The summed E-state index contributed by atoms with van der Waals surface area (Å²) in [5.74, 6) is -0.184. The van der Waals surface area contributed by atoms with Gasteiger partial charge in [-0.25, -0.2) is 4.79 Å². The highest BCUT2D eigenvalue weighted by Gasteiger charge is 2.13. The summed E-state index contributed by atoms with van der Waals surface area (Å²) in [4.78, 5) is 23.1. The van der Waals surface area contributed by atoms with Gasteiger partial charge in [-0.05, 0) is 23.8 Å². The van der Waals surface area contributed by atoms with Gasteiger partial charge in [0, 0.05) is 18.3 Å². The highest BCUT2D eigenvalue weighted by molar-refractivity contribution is 5.92. The number of carbonyl (C=O) groups excluding carboxylic acids is 2. The van der Waals surface area contributed by atoms with Crippen LogP contribution in [0.1, 0.15) is 18.5 Å². The van der Waals surface area contributed by atoms with Gasteiger partial charge in [0.15, 0.2) is 0 Å². The van der Waals surface area contributed by atoms with E-state index in [1.807, 2.05) is 30.3 Å². The predicted molar refractivity (Wildman–Crippen MR) is 89.2 cm³/mol. The molecule has 1 unspecified atom stereocenters. The van der Waals surface area contributed by atoms with Crippen molar-refractivity contribution in [3.8, 4) is 0 Å². The van der Waals surface area contributed by atoms with Crippen LogP contribution in [0.25, 0.3) is 0 Å². The molecule has 2 aromatic carbocycles. The maximum Gasteiger partial charge on any atom is 0.319 e.